The number of carbonyl (C=O) groups is 1. The summed E-state index contributed by atoms with van der Waals surface area (Å²) in [5.41, 5.74) is -0.510. The zero-order chi connectivity index (χ0) is 21.4. The van der Waals surface area contributed by atoms with Crippen LogP contribution in [0, 0.1) is 5.41 Å². The predicted octanol–water partition coefficient (Wildman–Crippen LogP) is 1.27. The summed E-state index contributed by atoms with van der Waals surface area (Å²) in [7, 11) is -6.69. The molecule has 0 unspecified atom stereocenters. The Hall–Kier alpha value is -2.50. The normalized spacial score (nSPS) is 18.0. The second kappa shape index (κ2) is 7.39. The minimum Gasteiger partial charge on any atom is -0.495 e. The summed E-state index contributed by atoms with van der Waals surface area (Å²) in [5, 5.41) is 0. The number of amides is 1. The van der Waals surface area contributed by atoms with Crippen LogP contribution in [0.4, 0.5) is 5.69 Å². The molecule has 1 N–H and O–H groups in total. The minimum absolute atomic E-state index is 0.0163. The number of benzene rings is 1. The third kappa shape index (κ3) is 4.11. The van der Waals surface area contributed by atoms with Gasteiger partial charge in [-0.3, -0.25) is 9.78 Å². The molecule has 0 saturated carbocycles. The Kier molecular flexibility index (Phi) is 5.41. The van der Waals surface area contributed by atoms with E-state index >= 15 is 0 Å². The van der Waals surface area contributed by atoms with Crippen LogP contribution >= 0.6 is 0 Å². The number of hydrogen-bond donors (Lipinski definition) is 1. The zero-order valence-corrected chi connectivity index (χ0v) is 17.7. The number of hydrogen-bond acceptors (Lipinski definition) is 7. The minimum atomic E-state index is -4.07. The van der Waals surface area contributed by atoms with Crippen LogP contribution in [-0.2, 0) is 31.4 Å². The lowest BCUT2D eigenvalue weighted by atomic mass is 9.95. The maximum atomic E-state index is 12.9. The highest BCUT2D eigenvalue weighted by atomic mass is 32.2. The molecular weight excluding hydrogens is 418 g/mol. The first-order valence-corrected chi connectivity index (χ1v) is 11.7. The number of ether oxygens (including phenoxy) is 1. The largest absolute Gasteiger partial charge is 0.495 e. The van der Waals surface area contributed by atoms with Crippen molar-refractivity contribution in [2.75, 3.05) is 17.2 Å². The van der Waals surface area contributed by atoms with Gasteiger partial charge < -0.3 is 4.74 Å². The predicted molar refractivity (Wildman–Crippen MR) is 106 cm³/mol. The fourth-order valence-electron chi connectivity index (χ4n) is 3.02. The van der Waals surface area contributed by atoms with Gasteiger partial charge in [-0.25, -0.2) is 25.9 Å². The molecular formula is C18H21N3O6S2. The van der Waals surface area contributed by atoms with Crippen molar-refractivity contribution in [3.05, 3.63) is 48.3 Å². The number of anilines is 1. The van der Waals surface area contributed by atoms with E-state index in [-0.39, 0.29) is 28.6 Å². The van der Waals surface area contributed by atoms with E-state index in [9.17, 15) is 21.6 Å². The molecule has 29 heavy (non-hydrogen) atoms. The lowest BCUT2D eigenvalue weighted by Gasteiger charge is -2.19. The highest BCUT2D eigenvalue weighted by molar-refractivity contribution is 7.94. The van der Waals surface area contributed by atoms with Crippen LogP contribution in [-0.4, -0.2) is 40.6 Å². The average molecular weight is 440 g/mol. The van der Waals surface area contributed by atoms with E-state index in [0.29, 0.717) is 9.87 Å². The fraction of sp³-hybridized carbons (Fsp3) is 0.333. The van der Waals surface area contributed by atoms with Gasteiger partial charge in [-0.1, -0.05) is 6.07 Å². The Morgan fingerprint density at radius 3 is 2.55 bits per heavy atom. The Bertz CT molecular complexity index is 1150. The molecule has 1 fully saturated rings. The Labute approximate surface area is 169 Å². The number of carbonyl (C=O) groups excluding carboxylic acids is 1. The van der Waals surface area contributed by atoms with Gasteiger partial charge in [0.05, 0.1) is 24.0 Å². The van der Waals surface area contributed by atoms with E-state index in [0.717, 1.165) is 6.07 Å². The molecule has 9 nitrogen and oxygen atoms in total. The Balaban J connectivity index is 2.00. The average Bonchev–Trinajstić information content (AvgIpc) is 2.83. The molecule has 1 aromatic heterocycles. The molecule has 1 saturated heterocycles. The van der Waals surface area contributed by atoms with Crippen molar-refractivity contribution < 1.29 is 26.4 Å². The number of nitrogens with zero attached hydrogens (tertiary/aromatic N) is 2. The molecule has 0 aliphatic carbocycles. The number of sulfonamides is 2. The Morgan fingerprint density at radius 1 is 1.28 bits per heavy atom. The zero-order valence-electron chi connectivity index (χ0n) is 16.1. The van der Waals surface area contributed by atoms with Crippen LogP contribution in [0.2, 0.25) is 0 Å². The molecule has 1 aliphatic rings. The third-order valence-electron chi connectivity index (χ3n) is 4.45. The van der Waals surface area contributed by atoms with Gasteiger partial charge in [0.2, 0.25) is 26.0 Å². The number of pyridine rings is 1. The van der Waals surface area contributed by atoms with Crippen molar-refractivity contribution >= 4 is 31.6 Å². The maximum absolute atomic E-state index is 12.9. The van der Waals surface area contributed by atoms with E-state index in [2.05, 4.69) is 9.71 Å². The fourth-order valence-corrected chi connectivity index (χ4v) is 6.33. The van der Waals surface area contributed by atoms with Gasteiger partial charge in [0, 0.05) is 18.9 Å². The summed E-state index contributed by atoms with van der Waals surface area (Å²) >= 11 is 0. The van der Waals surface area contributed by atoms with E-state index in [1.807, 2.05) is 0 Å². The highest BCUT2D eigenvalue weighted by Crippen LogP contribution is 2.38. The highest BCUT2D eigenvalue weighted by Gasteiger charge is 2.50. The van der Waals surface area contributed by atoms with E-state index in [1.165, 1.54) is 39.3 Å². The van der Waals surface area contributed by atoms with Gasteiger partial charge in [0.25, 0.3) is 0 Å². The summed E-state index contributed by atoms with van der Waals surface area (Å²) < 4.78 is 59.0. The molecule has 11 heteroatoms. The summed E-state index contributed by atoms with van der Waals surface area (Å²) in [6.07, 6.45) is 3.09. The SMILES string of the molecule is COc1ccc(N2C(=O)C(C)(C)CS2(=O)=O)cc1S(=O)(=O)NCc1cccnc1. The van der Waals surface area contributed by atoms with Crippen molar-refractivity contribution in [1.29, 1.82) is 0 Å². The molecule has 1 aliphatic heterocycles. The van der Waals surface area contributed by atoms with Crippen molar-refractivity contribution in [3.8, 4) is 5.75 Å². The monoisotopic (exact) mass is 439 g/mol. The smallest absolute Gasteiger partial charge is 0.247 e. The number of nitrogens with one attached hydrogen (secondary N) is 1. The summed E-state index contributed by atoms with van der Waals surface area (Å²) in [6.45, 7) is 3.05. The van der Waals surface area contributed by atoms with Crippen molar-refractivity contribution in [1.82, 2.24) is 9.71 Å². The van der Waals surface area contributed by atoms with Gasteiger partial charge in [-0.05, 0) is 43.7 Å². The number of aromatic nitrogens is 1. The lowest BCUT2D eigenvalue weighted by Crippen LogP contribution is -2.33. The summed E-state index contributed by atoms with van der Waals surface area (Å²) in [6, 6.07) is 7.18. The Morgan fingerprint density at radius 2 is 2.00 bits per heavy atom. The summed E-state index contributed by atoms with van der Waals surface area (Å²) in [5.74, 6) is -0.947. The standard InChI is InChI=1S/C18H21N3O6S2/c1-18(2)12-28(23,24)21(17(18)22)14-6-7-15(27-3)16(9-14)29(25,26)20-11-13-5-4-8-19-10-13/h4-10,20H,11-12H2,1-3H3. The molecule has 156 valence electrons. The first-order chi connectivity index (χ1) is 13.5. The molecule has 2 aromatic rings. The first kappa shape index (κ1) is 21.2. The van der Waals surface area contributed by atoms with Gasteiger partial charge in [-0.2, -0.15) is 0 Å². The summed E-state index contributed by atoms with van der Waals surface area (Å²) in [4.78, 5) is 16.3. The van der Waals surface area contributed by atoms with Gasteiger partial charge >= 0.3 is 0 Å². The van der Waals surface area contributed by atoms with Crippen molar-refractivity contribution in [2.24, 2.45) is 5.41 Å². The molecule has 0 radical (unpaired) electrons. The van der Waals surface area contributed by atoms with Gasteiger partial charge in [0.15, 0.2) is 0 Å². The van der Waals surface area contributed by atoms with E-state index in [4.69, 9.17) is 4.74 Å². The topological polar surface area (TPSA) is 123 Å². The van der Waals surface area contributed by atoms with Crippen molar-refractivity contribution in [2.45, 2.75) is 25.3 Å². The molecule has 1 aromatic carbocycles. The van der Waals surface area contributed by atoms with Crippen LogP contribution in [0.5, 0.6) is 5.75 Å². The van der Waals surface area contributed by atoms with Crippen LogP contribution < -0.4 is 13.8 Å². The molecule has 0 atom stereocenters. The third-order valence-corrected chi connectivity index (χ3v) is 7.89. The number of methoxy groups -OCH3 is 1. The van der Waals surface area contributed by atoms with Gasteiger partial charge in [-0.15, -0.1) is 0 Å². The molecule has 0 spiro atoms. The first-order valence-electron chi connectivity index (χ1n) is 8.62. The van der Waals surface area contributed by atoms with Crippen molar-refractivity contribution in [3.63, 3.8) is 0 Å². The molecule has 1 amide bonds. The van der Waals surface area contributed by atoms with Crippen LogP contribution in [0.25, 0.3) is 0 Å². The second-order valence-corrected chi connectivity index (χ2v) is 10.8. The quantitative estimate of drug-likeness (QED) is 0.719. The van der Waals surface area contributed by atoms with Gasteiger partial charge in [0.1, 0.15) is 10.6 Å². The number of rotatable bonds is 6. The van der Waals surface area contributed by atoms with Crippen LogP contribution in [0.3, 0.4) is 0 Å². The van der Waals surface area contributed by atoms with E-state index < -0.39 is 31.4 Å². The van der Waals surface area contributed by atoms with Crippen LogP contribution in [0.1, 0.15) is 19.4 Å². The van der Waals surface area contributed by atoms with Crippen LogP contribution in [0.15, 0.2) is 47.6 Å². The molecule has 3 rings (SSSR count). The van der Waals surface area contributed by atoms with E-state index in [1.54, 1.807) is 18.3 Å². The lowest BCUT2D eigenvalue weighted by molar-refractivity contribution is -0.123. The molecule has 2 heterocycles. The second-order valence-electron chi connectivity index (χ2n) is 7.23. The maximum Gasteiger partial charge on any atom is 0.247 e. The molecule has 0 bridgehead atoms.